The van der Waals surface area contributed by atoms with E-state index in [0.29, 0.717) is 23.8 Å². The second-order valence-corrected chi connectivity index (χ2v) is 11.2. The highest BCUT2D eigenvalue weighted by atomic mass is 32.2. The highest BCUT2D eigenvalue weighted by molar-refractivity contribution is 7.89. The van der Waals surface area contributed by atoms with Crippen molar-refractivity contribution in [3.05, 3.63) is 90.0 Å². The lowest BCUT2D eigenvalue weighted by atomic mass is 10.0. The molecule has 1 aliphatic heterocycles. The molecule has 1 saturated heterocycles. The van der Waals surface area contributed by atoms with Gasteiger partial charge in [0.15, 0.2) is 6.61 Å². The number of nitrogens with zero attached hydrogens (tertiary/aromatic N) is 2. The van der Waals surface area contributed by atoms with E-state index in [2.05, 4.69) is 13.8 Å². The summed E-state index contributed by atoms with van der Waals surface area (Å²) < 4.78 is 28.8. The fraction of sp³-hybridized carbons (Fsp3) is 0.276. The third-order valence-electron chi connectivity index (χ3n) is 6.64. The largest absolute Gasteiger partial charge is 0.484 e. The van der Waals surface area contributed by atoms with Gasteiger partial charge in [-0.3, -0.25) is 14.4 Å². The number of ether oxygens (including phenoxy) is 1. The lowest BCUT2D eigenvalue weighted by molar-refractivity contribution is -0.140. The molecule has 1 heterocycles. The van der Waals surface area contributed by atoms with Gasteiger partial charge in [0.25, 0.3) is 11.8 Å². The minimum Gasteiger partial charge on any atom is -0.484 e. The van der Waals surface area contributed by atoms with E-state index < -0.39 is 27.9 Å². The molecule has 0 radical (unpaired) electrons. The van der Waals surface area contributed by atoms with Crippen molar-refractivity contribution in [3.63, 3.8) is 0 Å². The minimum atomic E-state index is -3.83. The molecule has 0 saturated carbocycles. The monoisotopic (exact) mass is 549 g/mol. The van der Waals surface area contributed by atoms with E-state index in [4.69, 9.17) is 9.88 Å². The number of hydrogen-bond acceptors (Lipinski definition) is 6. The molecule has 3 aromatic rings. The van der Waals surface area contributed by atoms with Gasteiger partial charge in [0.1, 0.15) is 11.8 Å². The summed E-state index contributed by atoms with van der Waals surface area (Å²) in [5.74, 6) is -0.502. The maximum absolute atomic E-state index is 13.5. The standard InChI is InChI=1S/C29H31N3O6S/c1-20(2)22-10-12-23(13-11-22)32-27(33)18-26(29(32)35)31(28(34)19-38-24-6-4-3-5-7-24)17-16-21-8-14-25(15-9-21)39(30,36)37/h3-15,20,26H,16-19H2,1-2H3,(H2,30,36,37). The van der Waals surface area contributed by atoms with Gasteiger partial charge in [-0.15, -0.1) is 0 Å². The van der Waals surface area contributed by atoms with Crippen molar-refractivity contribution in [3.8, 4) is 5.75 Å². The first kappa shape index (κ1) is 28.0. The lowest BCUT2D eigenvalue weighted by Crippen LogP contribution is -2.48. The van der Waals surface area contributed by atoms with Crippen LogP contribution in [0.5, 0.6) is 5.75 Å². The van der Waals surface area contributed by atoms with Crippen LogP contribution in [0.25, 0.3) is 0 Å². The molecule has 3 amide bonds. The molecule has 1 atom stereocenters. The molecule has 1 fully saturated rings. The van der Waals surface area contributed by atoms with E-state index in [1.165, 1.54) is 17.0 Å². The predicted molar refractivity (Wildman–Crippen MR) is 147 cm³/mol. The van der Waals surface area contributed by atoms with E-state index in [1.54, 1.807) is 48.5 Å². The average Bonchev–Trinajstić information content (AvgIpc) is 3.21. The van der Waals surface area contributed by atoms with Gasteiger partial charge in [0, 0.05) is 6.54 Å². The summed E-state index contributed by atoms with van der Waals surface area (Å²) in [5, 5.41) is 5.18. The first-order chi connectivity index (χ1) is 18.5. The molecule has 204 valence electrons. The molecule has 39 heavy (non-hydrogen) atoms. The summed E-state index contributed by atoms with van der Waals surface area (Å²) in [6.07, 6.45) is 0.176. The van der Waals surface area contributed by atoms with Gasteiger partial charge in [0.2, 0.25) is 15.9 Å². The summed E-state index contributed by atoms with van der Waals surface area (Å²) in [6, 6.07) is 21.1. The summed E-state index contributed by atoms with van der Waals surface area (Å²) >= 11 is 0. The molecule has 2 N–H and O–H groups in total. The van der Waals surface area contributed by atoms with Crippen molar-refractivity contribution >= 4 is 33.4 Å². The van der Waals surface area contributed by atoms with Crippen LogP contribution >= 0.6 is 0 Å². The van der Waals surface area contributed by atoms with Crippen molar-refractivity contribution in [1.82, 2.24) is 4.90 Å². The summed E-state index contributed by atoms with van der Waals surface area (Å²) in [6.45, 7) is 3.92. The van der Waals surface area contributed by atoms with Crippen LogP contribution in [0.2, 0.25) is 0 Å². The van der Waals surface area contributed by atoms with E-state index in [9.17, 15) is 22.8 Å². The molecule has 0 aromatic heterocycles. The van der Waals surface area contributed by atoms with E-state index in [-0.39, 0.29) is 30.4 Å². The molecule has 1 unspecified atom stereocenters. The zero-order chi connectivity index (χ0) is 28.2. The SMILES string of the molecule is CC(C)c1ccc(N2C(=O)CC(N(CCc3ccc(S(N)(=O)=O)cc3)C(=O)COc3ccccc3)C2=O)cc1. The van der Waals surface area contributed by atoms with Gasteiger partial charge < -0.3 is 9.64 Å². The normalized spacial score (nSPS) is 15.6. The summed E-state index contributed by atoms with van der Waals surface area (Å²) in [4.78, 5) is 42.3. The Hall–Kier alpha value is -4.02. The van der Waals surface area contributed by atoms with Crippen molar-refractivity contribution in [2.45, 2.75) is 43.5 Å². The Labute approximate surface area is 228 Å². The number of para-hydroxylation sites is 1. The second-order valence-electron chi connectivity index (χ2n) is 9.66. The Bertz CT molecular complexity index is 1440. The number of carbonyl (C=O) groups excluding carboxylic acids is 3. The number of primary sulfonamides is 1. The van der Waals surface area contributed by atoms with Crippen LogP contribution in [0.15, 0.2) is 83.8 Å². The van der Waals surface area contributed by atoms with Gasteiger partial charge in [-0.2, -0.15) is 0 Å². The quantitative estimate of drug-likeness (QED) is 0.387. The number of hydrogen-bond donors (Lipinski definition) is 1. The van der Waals surface area contributed by atoms with Gasteiger partial charge in [-0.05, 0) is 59.9 Å². The maximum atomic E-state index is 13.5. The number of imide groups is 1. The third kappa shape index (κ3) is 6.71. The van der Waals surface area contributed by atoms with E-state index >= 15 is 0 Å². The molecular formula is C29H31N3O6S. The lowest BCUT2D eigenvalue weighted by Gasteiger charge is -2.28. The smallest absolute Gasteiger partial charge is 0.261 e. The molecule has 0 bridgehead atoms. The maximum Gasteiger partial charge on any atom is 0.261 e. The average molecular weight is 550 g/mol. The molecule has 1 aliphatic rings. The number of amides is 3. The fourth-order valence-electron chi connectivity index (χ4n) is 4.43. The zero-order valence-electron chi connectivity index (χ0n) is 21.8. The Morgan fingerprint density at radius 1 is 1.00 bits per heavy atom. The number of anilines is 1. The van der Waals surface area contributed by atoms with E-state index in [1.807, 2.05) is 18.2 Å². The Morgan fingerprint density at radius 2 is 1.64 bits per heavy atom. The van der Waals surface area contributed by atoms with Crippen LogP contribution < -0.4 is 14.8 Å². The fourth-order valence-corrected chi connectivity index (χ4v) is 4.95. The molecule has 9 nitrogen and oxygen atoms in total. The van der Waals surface area contributed by atoms with Crippen molar-refractivity contribution in [2.75, 3.05) is 18.1 Å². The number of rotatable bonds is 10. The molecule has 0 spiro atoms. The van der Waals surface area contributed by atoms with Crippen LogP contribution in [0.3, 0.4) is 0 Å². The molecule has 4 rings (SSSR count). The Balaban J connectivity index is 1.54. The Morgan fingerprint density at radius 3 is 2.23 bits per heavy atom. The number of nitrogens with two attached hydrogens (primary N) is 1. The highest BCUT2D eigenvalue weighted by Gasteiger charge is 2.44. The van der Waals surface area contributed by atoms with Crippen LogP contribution in [0.1, 0.15) is 37.3 Å². The van der Waals surface area contributed by atoms with Crippen LogP contribution in [0.4, 0.5) is 5.69 Å². The topological polar surface area (TPSA) is 127 Å². The highest BCUT2D eigenvalue weighted by Crippen LogP contribution is 2.28. The van der Waals surface area contributed by atoms with Crippen LogP contribution in [-0.2, 0) is 30.8 Å². The number of carbonyl (C=O) groups is 3. The Kier molecular flexibility index (Phi) is 8.47. The predicted octanol–water partition coefficient (Wildman–Crippen LogP) is 3.24. The van der Waals surface area contributed by atoms with Gasteiger partial charge >= 0.3 is 0 Å². The summed E-state index contributed by atoms with van der Waals surface area (Å²) in [7, 11) is -3.83. The zero-order valence-corrected chi connectivity index (χ0v) is 22.6. The van der Waals surface area contributed by atoms with Crippen LogP contribution in [0, 0.1) is 0 Å². The molecular weight excluding hydrogens is 518 g/mol. The van der Waals surface area contributed by atoms with Crippen molar-refractivity contribution in [2.24, 2.45) is 5.14 Å². The van der Waals surface area contributed by atoms with Gasteiger partial charge in [-0.1, -0.05) is 56.3 Å². The number of benzene rings is 3. The number of sulfonamides is 1. The van der Waals surface area contributed by atoms with Gasteiger partial charge in [0.05, 0.1) is 17.0 Å². The van der Waals surface area contributed by atoms with Crippen molar-refractivity contribution in [1.29, 1.82) is 0 Å². The molecule has 0 aliphatic carbocycles. The molecule has 10 heteroatoms. The first-order valence-electron chi connectivity index (χ1n) is 12.6. The third-order valence-corrected chi connectivity index (χ3v) is 7.57. The summed E-state index contributed by atoms with van der Waals surface area (Å²) in [5.41, 5.74) is 2.28. The second kappa shape index (κ2) is 11.8. The first-order valence-corrected chi connectivity index (χ1v) is 14.1. The minimum absolute atomic E-state index is 0.0221. The van der Waals surface area contributed by atoms with Gasteiger partial charge in [-0.25, -0.2) is 18.5 Å². The van der Waals surface area contributed by atoms with Crippen molar-refractivity contribution < 1.29 is 27.5 Å². The van der Waals surface area contributed by atoms with Crippen LogP contribution in [-0.4, -0.2) is 50.2 Å². The van der Waals surface area contributed by atoms with E-state index in [0.717, 1.165) is 16.0 Å². The molecule has 3 aromatic carbocycles.